The minimum absolute atomic E-state index is 0.00551. The number of nitrogens with one attached hydrogen (secondary N) is 1. The lowest BCUT2D eigenvalue weighted by atomic mass is 9.68. The van der Waals surface area contributed by atoms with Crippen LogP contribution >= 0.6 is 0 Å². The van der Waals surface area contributed by atoms with Crippen LogP contribution in [0.4, 0.5) is 11.4 Å². The van der Waals surface area contributed by atoms with Gasteiger partial charge in [-0.1, -0.05) is 42.5 Å². The first-order valence-electron chi connectivity index (χ1n) is 11.8. The van der Waals surface area contributed by atoms with Crippen molar-refractivity contribution in [2.75, 3.05) is 24.4 Å². The molecule has 3 aliphatic rings. The number of nitrogens with zero attached hydrogens (tertiary/aromatic N) is 1. The van der Waals surface area contributed by atoms with Gasteiger partial charge in [0.05, 0.1) is 32.2 Å². The smallest absolute Gasteiger partial charge is 0.237 e. The number of allylic oxidation sites excluding steroid dienone is 2. The van der Waals surface area contributed by atoms with E-state index in [1.165, 1.54) is 5.56 Å². The topological polar surface area (TPSA) is 50.8 Å². The second-order valence-corrected chi connectivity index (χ2v) is 9.26. The predicted octanol–water partition coefficient (Wildman–Crippen LogP) is 5.36. The van der Waals surface area contributed by atoms with Crippen LogP contribution in [-0.4, -0.2) is 32.2 Å². The van der Waals surface area contributed by atoms with Crippen molar-refractivity contribution in [1.29, 1.82) is 0 Å². The van der Waals surface area contributed by atoms with Crippen LogP contribution < -0.4 is 19.7 Å². The molecule has 0 radical (unpaired) electrons. The summed E-state index contributed by atoms with van der Waals surface area (Å²) < 4.78 is 10.8. The Kier molecular flexibility index (Phi) is 5.05. The number of benzene rings is 3. The molecular weight excluding hydrogens is 424 g/mol. The third-order valence-electron chi connectivity index (χ3n) is 7.63. The van der Waals surface area contributed by atoms with E-state index in [-0.39, 0.29) is 23.9 Å². The number of ether oxygens (including phenoxy) is 2. The maximum absolute atomic E-state index is 13.6. The fraction of sp³-hybridized carbons (Fsp3) is 0.276. The lowest BCUT2D eigenvalue weighted by Gasteiger charge is -2.54. The van der Waals surface area contributed by atoms with Gasteiger partial charge in [-0.3, -0.25) is 4.79 Å². The van der Waals surface area contributed by atoms with Gasteiger partial charge in [-0.15, -0.1) is 0 Å². The molecule has 1 aliphatic carbocycles. The quantitative estimate of drug-likeness (QED) is 0.418. The van der Waals surface area contributed by atoms with Gasteiger partial charge >= 0.3 is 0 Å². The Morgan fingerprint density at radius 3 is 2.38 bits per heavy atom. The van der Waals surface area contributed by atoms with E-state index in [1.807, 2.05) is 53.4 Å². The number of hydrogen-bond acceptors (Lipinski definition) is 4. The molecule has 0 aromatic heterocycles. The van der Waals surface area contributed by atoms with Gasteiger partial charge in [0.25, 0.3) is 0 Å². The summed E-state index contributed by atoms with van der Waals surface area (Å²) >= 11 is 0. The van der Waals surface area contributed by atoms with Crippen LogP contribution in [0.3, 0.4) is 0 Å². The van der Waals surface area contributed by atoms with E-state index in [0.29, 0.717) is 11.8 Å². The molecule has 3 aromatic carbocycles. The van der Waals surface area contributed by atoms with E-state index in [0.717, 1.165) is 34.9 Å². The summed E-state index contributed by atoms with van der Waals surface area (Å²) in [5.74, 6) is 2.30. The van der Waals surface area contributed by atoms with E-state index in [9.17, 15) is 4.79 Å². The zero-order valence-corrected chi connectivity index (χ0v) is 19.3. The van der Waals surface area contributed by atoms with Crippen molar-refractivity contribution in [3.05, 3.63) is 96.1 Å². The maximum atomic E-state index is 13.6. The fourth-order valence-corrected chi connectivity index (χ4v) is 6.00. The van der Waals surface area contributed by atoms with Crippen molar-refractivity contribution < 1.29 is 14.3 Å². The number of hydrogen-bond donors (Lipinski definition) is 1. The number of rotatable bonds is 5. The van der Waals surface area contributed by atoms with Gasteiger partial charge in [0.2, 0.25) is 5.91 Å². The Bertz CT molecular complexity index is 1240. The SMILES string of the molecule is COc1ccc(N2C(=O)C(c3ccccc3)C2C2Nc3ccc(OC)cc3C3C=CCC32)cc1. The molecule has 1 saturated heterocycles. The molecule has 0 spiro atoms. The summed E-state index contributed by atoms with van der Waals surface area (Å²) in [6.07, 6.45) is 5.60. The summed E-state index contributed by atoms with van der Waals surface area (Å²) in [5, 5.41) is 3.85. The molecule has 1 N–H and O–H groups in total. The second-order valence-electron chi connectivity index (χ2n) is 9.26. The predicted molar refractivity (Wildman–Crippen MR) is 134 cm³/mol. The normalized spacial score (nSPS) is 26.8. The van der Waals surface area contributed by atoms with Crippen LogP contribution in [0.25, 0.3) is 0 Å². The maximum Gasteiger partial charge on any atom is 0.237 e. The largest absolute Gasteiger partial charge is 0.497 e. The van der Waals surface area contributed by atoms with Gasteiger partial charge in [0.15, 0.2) is 0 Å². The molecule has 5 unspecified atom stereocenters. The van der Waals surface area contributed by atoms with Gasteiger partial charge < -0.3 is 19.7 Å². The third kappa shape index (κ3) is 3.18. The molecule has 5 atom stereocenters. The molecule has 2 heterocycles. The van der Waals surface area contributed by atoms with Crippen molar-refractivity contribution in [3.8, 4) is 11.5 Å². The monoisotopic (exact) mass is 452 g/mol. The molecule has 3 aromatic rings. The van der Waals surface area contributed by atoms with Crippen LogP contribution in [0.15, 0.2) is 84.9 Å². The molecule has 172 valence electrons. The van der Waals surface area contributed by atoms with Crippen molar-refractivity contribution in [1.82, 2.24) is 0 Å². The highest BCUT2D eigenvalue weighted by Gasteiger charge is 2.56. The van der Waals surface area contributed by atoms with Gasteiger partial charge in [-0.2, -0.15) is 0 Å². The highest BCUT2D eigenvalue weighted by Crippen LogP contribution is 2.51. The number of carbonyl (C=O) groups is 1. The number of fused-ring (bicyclic) bond motifs is 3. The highest BCUT2D eigenvalue weighted by molar-refractivity contribution is 6.07. The van der Waals surface area contributed by atoms with Crippen LogP contribution in [-0.2, 0) is 4.79 Å². The number of methoxy groups -OCH3 is 2. The van der Waals surface area contributed by atoms with E-state index >= 15 is 0 Å². The van der Waals surface area contributed by atoms with E-state index < -0.39 is 0 Å². The molecule has 0 saturated carbocycles. The number of anilines is 2. The Balaban J connectivity index is 1.42. The van der Waals surface area contributed by atoms with Crippen LogP contribution in [0.1, 0.15) is 29.4 Å². The van der Waals surface area contributed by atoms with Gasteiger partial charge in [-0.05, 0) is 65.9 Å². The molecule has 1 fully saturated rings. The lowest BCUT2D eigenvalue weighted by Crippen LogP contribution is -2.68. The molecule has 2 aliphatic heterocycles. The Morgan fingerprint density at radius 2 is 1.65 bits per heavy atom. The summed E-state index contributed by atoms with van der Waals surface area (Å²) in [5.41, 5.74) is 4.38. The average Bonchev–Trinajstić information content (AvgIpc) is 3.38. The third-order valence-corrected chi connectivity index (χ3v) is 7.63. The average molecular weight is 453 g/mol. The van der Waals surface area contributed by atoms with Crippen molar-refractivity contribution in [3.63, 3.8) is 0 Å². The van der Waals surface area contributed by atoms with Crippen LogP contribution in [0.5, 0.6) is 11.5 Å². The first-order chi connectivity index (χ1) is 16.7. The Hall–Kier alpha value is -3.73. The minimum Gasteiger partial charge on any atom is -0.497 e. The van der Waals surface area contributed by atoms with E-state index in [4.69, 9.17) is 9.47 Å². The Morgan fingerprint density at radius 1 is 0.912 bits per heavy atom. The number of amides is 1. The summed E-state index contributed by atoms with van der Waals surface area (Å²) in [6.45, 7) is 0. The molecule has 6 rings (SSSR count). The minimum atomic E-state index is -0.179. The summed E-state index contributed by atoms with van der Waals surface area (Å²) in [4.78, 5) is 15.6. The number of carbonyl (C=O) groups excluding carboxylic acids is 1. The van der Waals surface area contributed by atoms with Gasteiger partial charge in [0, 0.05) is 17.3 Å². The zero-order chi connectivity index (χ0) is 23.2. The zero-order valence-electron chi connectivity index (χ0n) is 19.3. The number of β-lactam (4-membered cyclic amide) rings is 1. The van der Waals surface area contributed by atoms with E-state index in [1.54, 1.807) is 14.2 Å². The molecular formula is C29H28N2O3. The molecule has 5 heteroatoms. The molecule has 5 nitrogen and oxygen atoms in total. The molecule has 1 amide bonds. The van der Waals surface area contributed by atoms with Crippen LogP contribution in [0, 0.1) is 5.92 Å². The van der Waals surface area contributed by atoms with Gasteiger partial charge in [-0.25, -0.2) is 0 Å². The molecule has 34 heavy (non-hydrogen) atoms. The first-order valence-corrected chi connectivity index (χ1v) is 11.8. The van der Waals surface area contributed by atoms with Gasteiger partial charge in [0.1, 0.15) is 11.5 Å². The summed E-state index contributed by atoms with van der Waals surface area (Å²) in [6, 6.07) is 24.4. The fourth-order valence-electron chi connectivity index (χ4n) is 6.00. The van der Waals surface area contributed by atoms with Crippen molar-refractivity contribution in [2.45, 2.75) is 30.3 Å². The van der Waals surface area contributed by atoms with Crippen molar-refractivity contribution in [2.24, 2.45) is 5.92 Å². The first kappa shape index (κ1) is 20.8. The lowest BCUT2D eigenvalue weighted by molar-refractivity contribution is -0.127. The van der Waals surface area contributed by atoms with E-state index in [2.05, 4.69) is 41.7 Å². The summed E-state index contributed by atoms with van der Waals surface area (Å²) in [7, 11) is 3.36. The highest BCUT2D eigenvalue weighted by atomic mass is 16.5. The second kappa shape index (κ2) is 8.24. The van der Waals surface area contributed by atoms with Crippen molar-refractivity contribution >= 4 is 17.3 Å². The Labute approximate surface area is 200 Å². The standard InChI is InChI=1S/C29H28N2O3/c1-33-20-13-11-19(12-14-20)31-28(26(29(31)32)18-7-4-3-5-8-18)27-23-10-6-9-22(23)24-17-21(34-2)15-16-25(24)30-27/h3-9,11-17,22-23,26-28,30H,10H2,1-2H3. The van der Waals surface area contributed by atoms with Crippen LogP contribution in [0.2, 0.25) is 0 Å². The molecule has 0 bridgehead atoms.